The van der Waals surface area contributed by atoms with Crippen molar-refractivity contribution in [1.82, 2.24) is 10.5 Å². The van der Waals surface area contributed by atoms with Gasteiger partial charge in [0.15, 0.2) is 11.5 Å². The van der Waals surface area contributed by atoms with Gasteiger partial charge < -0.3 is 15.2 Å². The van der Waals surface area contributed by atoms with Crippen LogP contribution in [-0.4, -0.2) is 23.5 Å². The van der Waals surface area contributed by atoms with Gasteiger partial charge >= 0.3 is 0 Å². The summed E-state index contributed by atoms with van der Waals surface area (Å²) in [5.74, 6) is -1.33. The highest BCUT2D eigenvalue weighted by atomic mass is 79.9. The number of nitrogens with zero attached hydrogens (tertiary/aromatic N) is 1. The van der Waals surface area contributed by atoms with Crippen molar-refractivity contribution in [3.05, 3.63) is 70.1 Å². The number of rotatable bonds is 5. The van der Waals surface area contributed by atoms with Gasteiger partial charge in [-0.25, -0.2) is 4.39 Å². The van der Waals surface area contributed by atoms with Crippen LogP contribution >= 0.6 is 15.9 Å². The molecule has 0 aliphatic heterocycles. The number of aryl methyl sites for hydroxylation is 1. The van der Waals surface area contributed by atoms with Crippen molar-refractivity contribution in [1.29, 1.82) is 0 Å². The molecular formula is C19H15BrFN3O3. The average Bonchev–Trinajstić information content (AvgIpc) is 3.13. The number of nitrogens with one attached hydrogen (secondary N) is 2. The van der Waals surface area contributed by atoms with E-state index < -0.39 is 11.7 Å². The summed E-state index contributed by atoms with van der Waals surface area (Å²) in [6.07, 6.45) is 0. The lowest BCUT2D eigenvalue weighted by Crippen LogP contribution is -2.33. The Kier molecular flexibility index (Phi) is 5.66. The Balaban J connectivity index is 1.58. The second kappa shape index (κ2) is 8.13. The number of benzene rings is 2. The van der Waals surface area contributed by atoms with Gasteiger partial charge in [0.2, 0.25) is 5.91 Å². The lowest BCUT2D eigenvalue weighted by molar-refractivity contribution is -0.115. The molecule has 8 heteroatoms. The van der Waals surface area contributed by atoms with Crippen molar-refractivity contribution in [3.63, 3.8) is 0 Å². The third-order valence-electron chi connectivity index (χ3n) is 3.73. The van der Waals surface area contributed by atoms with Crippen molar-refractivity contribution in [2.24, 2.45) is 0 Å². The third-order valence-corrected chi connectivity index (χ3v) is 4.62. The standard InChI is InChI=1S/C19H15BrFN3O3/c1-11-8-12(6-7-14(11)20)23-18(25)10-22-19(26)16-9-17(27-24-16)13-4-2-3-5-15(13)21/h2-9H,10H2,1H3,(H,22,26)(H,23,25). The predicted octanol–water partition coefficient (Wildman–Crippen LogP) is 3.92. The molecule has 0 radical (unpaired) electrons. The fraction of sp³-hybridized carbons (Fsp3) is 0.105. The number of carbonyl (C=O) groups excluding carboxylic acids is 2. The number of anilines is 1. The second-order valence-electron chi connectivity index (χ2n) is 5.75. The molecule has 2 amide bonds. The van der Waals surface area contributed by atoms with Crippen molar-refractivity contribution in [2.75, 3.05) is 11.9 Å². The maximum absolute atomic E-state index is 13.8. The molecule has 0 aliphatic rings. The van der Waals surface area contributed by atoms with Crippen molar-refractivity contribution < 1.29 is 18.5 Å². The van der Waals surface area contributed by atoms with E-state index in [0.29, 0.717) is 5.69 Å². The minimum atomic E-state index is -0.594. The fourth-order valence-electron chi connectivity index (χ4n) is 2.35. The fourth-order valence-corrected chi connectivity index (χ4v) is 2.60. The van der Waals surface area contributed by atoms with E-state index in [2.05, 4.69) is 31.7 Å². The minimum Gasteiger partial charge on any atom is -0.355 e. The first kappa shape index (κ1) is 18.8. The number of hydrogen-bond donors (Lipinski definition) is 2. The predicted molar refractivity (Wildman–Crippen MR) is 102 cm³/mol. The van der Waals surface area contributed by atoms with Crippen molar-refractivity contribution in [2.45, 2.75) is 6.92 Å². The molecule has 138 valence electrons. The van der Waals surface area contributed by atoms with Gasteiger partial charge in [-0.05, 0) is 42.8 Å². The normalized spacial score (nSPS) is 10.5. The van der Waals surface area contributed by atoms with Crippen LogP contribution in [0.3, 0.4) is 0 Å². The molecule has 0 aliphatic carbocycles. The highest BCUT2D eigenvalue weighted by Gasteiger charge is 2.16. The molecule has 0 unspecified atom stereocenters. The van der Waals surface area contributed by atoms with Crippen LogP contribution in [0.25, 0.3) is 11.3 Å². The molecular weight excluding hydrogens is 417 g/mol. The number of carbonyl (C=O) groups is 2. The van der Waals surface area contributed by atoms with Gasteiger partial charge in [0.05, 0.1) is 12.1 Å². The summed E-state index contributed by atoms with van der Waals surface area (Å²) in [5, 5.41) is 8.76. The van der Waals surface area contributed by atoms with E-state index in [1.165, 1.54) is 18.2 Å². The van der Waals surface area contributed by atoms with E-state index in [1.807, 2.05) is 19.1 Å². The smallest absolute Gasteiger partial charge is 0.273 e. The topological polar surface area (TPSA) is 84.2 Å². The van der Waals surface area contributed by atoms with Gasteiger partial charge in [-0.15, -0.1) is 0 Å². The first-order valence-corrected chi connectivity index (χ1v) is 8.79. The Labute approximate surface area is 162 Å². The molecule has 6 nitrogen and oxygen atoms in total. The molecule has 0 saturated carbocycles. The average molecular weight is 432 g/mol. The van der Waals surface area contributed by atoms with Gasteiger partial charge in [0.25, 0.3) is 5.91 Å². The zero-order chi connectivity index (χ0) is 19.4. The summed E-state index contributed by atoms with van der Waals surface area (Å²) in [4.78, 5) is 24.1. The first-order valence-electron chi connectivity index (χ1n) is 8.00. The Morgan fingerprint density at radius 3 is 2.70 bits per heavy atom. The molecule has 0 bridgehead atoms. The van der Waals surface area contributed by atoms with Crippen LogP contribution in [0, 0.1) is 12.7 Å². The monoisotopic (exact) mass is 431 g/mol. The van der Waals surface area contributed by atoms with Crippen LogP contribution in [0.15, 0.2) is 57.5 Å². The Bertz CT molecular complexity index is 1000. The van der Waals surface area contributed by atoms with Crippen LogP contribution in [0.2, 0.25) is 0 Å². The van der Waals surface area contributed by atoms with Gasteiger partial charge in [-0.2, -0.15) is 0 Å². The van der Waals surface area contributed by atoms with E-state index in [4.69, 9.17) is 4.52 Å². The molecule has 0 saturated heterocycles. The van der Waals surface area contributed by atoms with E-state index >= 15 is 0 Å². The maximum Gasteiger partial charge on any atom is 0.273 e. The summed E-state index contributed by atoms with van der Waals surface area (Å²) >= 11 is 3.39. The highest BCUT2D eigenvalue weighted by Crippen LogP contribution is 2.23. The van der Waals surface area contributed by atoms with E-state index in [9.17, 15) is 14.0 Å². The third kappa shape index (κ3) is 4.59. The van der Waals surface area contributed by atoms with E-state index in [1.54, 1.807) is 18.2 Å². The second-order valence-corrected chi connectivity index (χ2v) is 6.61. The molecule has 3 rings (SSSR count). The Hall–Kier alpha value is -3.00. The molecule has 27 heavy (non-hydrogen) atoms. The number of aromatic nitrogens is 1. The summed E-state index contributed by atoms with van der Waals surface area (Å²) < 4.78 is 19.7. The Morgan fingerprint density at radius 2 is 1.96 bits per heavy atom. The molecule has 2 N–H and O–H groups in total. The van der Waals surface area contributed by atoms with Crippen LogP contribution in [0.1, 0.15) is 16.1 Å². The first-order chi connectivity index (χ1) is 12.9. The quantitative estimate of drug-likeness (QED) is 0.640. The molecule has 1 aromatic heterocycles. The van der Waals surface area contributed by atoms with E-state index in [-0.39, 0.29) is 29.5 Å². The minimum absolute atomic E-state index is 0.0412. The Morgan fingerprint density at radius 1 is 1.19 bits per heavy atom. The summed E-state index contributed by atoms with van der Waals surface area (Å²) in [6, 6.07) is 12.7. The molecule has 1 heterocycles. The number of halogens is 2. The maximum atomic E-state index is 13.8. The zero-order valence-electron chi connectivity index (χ0n) is 14.3. The summed E-state index contributed by atoms with van der Waals surface area (Å²) in [6.45, 7) is 1.66. The number of amides is 2. The molecule has 0 spiro atoms. The van der Waals surface area contributed by atoms with Gasteiger partial charge in [0, 0.05) is 16.2 Å². The summed E-state index contributed by atoms with van der Waals surface area (Å²) in [7, 11) is 0. The lowest BCUT2D eigenvalue weighted by atomic mass is 10.1. The van der Waals surface area contributed by atoms with Gasteiger partial charge in [-0.1, -0.05) is 33.2 Å². The lowest BCUT2D eigenvalue weighted by Gasteiger charge is -2.07. The highest BCUT2D eigenvalue weighted by molar-refractivity contribution is 9.10. The van der Waals surface area contributed by atoms with Gasteiger partial charge in [0.1, 0.15) is 5.82 Å². The zero-order valence-corrected chi connectivity index (χ0v) is 15.8. The van der Waals surface area contributed by atoms with Crippen molar-refractivity contribution in [3.8, 4) is 11.3 Å². The van der Waals surface area contributed by atoms with Crippen LogP contribution in [-0.2, 0) is 4.79 Å². The largest absolute Gasteiger partial charge is 0.355 e. The van der Waals surface area contributed by atoms with E-state index in [0.717, 1.165) is 10.0 Å². The molecule has 0 fully saturated rings. The molecule has 2 aromatic carbocycles. The number of hydrogen-bond acceptors (Lipinski definition) is 4. The van der Waals surface area contributed by atoms with Crippen LogP contribution in [0.5, 0.6) is 0 Å². The van der Waals surface area contributed by atoms with Crippen LogP contribution in [0.4, 0.5) is 10.1 Å². The SMILES string of the molecule is Cc1cc(NC(=O)CNC(=O)c2cc(-c3ccccc3F)on2)ccc1Br. The van der Waals surface area contributed by atoms with Gasteiger partial charge in [-0.3, -0.25) is 9.59 Å². The molecule has 0 atom stereocenters. The molecule has 3 aromatic rings. The summed E-state index contributed by atoms with van der Waals surface area (Å²) in [5.41, 5.74) is 1.76. The van der Waals surface area contributed by atoms with Crippen molar-refractivity contribution >= 4 is 33.4 Å². The van der Waals surface area contributed by atoms with Crippen LogP contribution < -0.4 is 10.6 Å².